The van der Waals surface area contributed by atoms with Crippen molar-refractivity contribution < 1.29 is 22.8 Å². The smallest absolute Gasteiger partial charge is 0.342 e. The molecule has 3 heterocycles. The lowest BCUT2D eigenvalue weighted by Gasteiger charge is -2.31. The Morgan fingerprint density at radius 1 is 1.29 bits per heavy atom. The fourth-order valence-corrected chi connectivity index (χ4v) is 3.16. The summed E-state index contributed by atoms with van der Waals surface area (Å²) in [6.45, 7) is -0.262. The number of nitrogens with one attached hydrogen (secondary N) is 2. The second kappa shape index (κ2) is 8.41. The van der Waals surface area contributed by atoms with E-state index in [0.29, 0.717) is 38.0 Å². The molecular weight excluding hydrogens is 375 g/mol. The molecule has 0 atom stereocenters. The lowest BCUT2D eigenvalue weighted by Crippen LogP contribution is -2.38. The van der Waals surface area contributed by atoms with Crippen LogP contribution in [0.25, 0.3) is 0 Å². The first-order valence-electron chi connectivity index (χ1n) is 8.89. The molecule has 0 spiro atoms. The first-order valence-corrected chi connectivity index (χ1v) is 8.89. The van der Waals surface area contributed by atoms with Gasteiger partial charge in [-0.2, -0.15) is 18.3 Å². The Kier molecular flexibility index (Phi) is 5.96. The molecule has 0 bridgehead atoms. The van der Waals surface area contributed by atoms with Crippen LogP contribution in [-0.4, -0.2) is 57.7 Å². The molecule has 28 heavy (non-hydrogen) atoms. The van der Waals surface area contributed by atoms with Gasteiger partial charge in [-0.1, -0.05) is 6.07 Å². The third-order valence-electron chi connectivity index (χ3n) is 4.65. The highest BCUT2D eigenvalue weighted by Gasteiger charge is 2.29. The molecule has 2 N–H and O–H groups in total. The van der Waals surface area contributed by atoms with Gasteiger partial charge >= 0.3 is 6.18 Å². The largest absolute Gasteiger partial charge is 0.405 e. The summed E-state index contributed by atoms with van der Waals surface area (Å²) in [5.74, 6) is -0.772. The average molecular weight is 395 g/mol. The molecule has 1 aliphatic heterocycles. The second-order valence-electron chi connectivity index (χ2n) is 6.70. The molecule has 1 aliphatic rings. The van der Waals surface area contributed by atoms with Crippen LogP contribution in [0, 0.1) is 0 Å². The summed E-state index contributed by atoms with van der Waals surface area (Å²) in [6.07, 6.45) is 0.521. The van der Waals surface area contributed by atoms with Crippen LogP contribution in [0.1, 0.15) is 40.5 Å². The van der Waals surface area contributed by atoms with Gasteiger partial charge in [0, 0.05) is 37.1 Å². The van der Waals surface area contributed by atoms with Crippen molar-refractivity contribution >= 4 is 11.8 Å². The molecule has 2 aromatic rings. The first-order chi connectivity index (χ1) is 13.3. The minimum absolute atomic E-state index is 0.0308. The molecule has 2 aromatic heterocycles. The number of hydrogen-bond acceptors (Lipinski definition) is 4. The van der Waals surface area contributed by atoms with Crippen LogP contribution in [0.5, 0.6) is 0 Å². The Balaban J connectivity index is 1.50. The SMILES string of the molecule is O=C(NCC(F)(F)F)c1cc(C2CCN(C(=O)Cc3cccnc3)CC2)[nH]n1. The van der Waals surface area contributed by atoms with Gasteiger partial charge in [0.05, 0.1) is 6.42 Å². The number of piperidine rings is 1. The molecule has 0 unspecified atom stereocenters. The van der Waals surface area contributed by atoms with Gasteiger partial charge in [-0.25, -0.2) is 0 Å². The first kappa shape index (κ1) is 19.8. The zero-order valence-corrected chi connectivity index (χ0v) is 15.0. The van der Waals surface area contributed by atoms with E-state index in [0.717, 1.165) is 5.56 Å². The molecule has 10 heteroatoms. The lowest BCUT2D eigenvalue weighted by molar-refractivity contribution is -0.131. The standard InChI is InChI=1S/C18H20F3N5O2/c19-18(20,21)11-23-17(28)15-9-14(24-25-15)13-3-6-26(7-4-13)16(27)8-12-2-1-5-22-10-12/h1-2,5,9-10,13H,3-4,6-8,11H2,(H,23,28)(H,24,25). The summed E-state index contributed by atoms with van der Waals surface area (Å²) in [7, 11) is 0. The van der Waals surface area contributed by atoms with Crippen molar-refractivity contribution in [3.63, 3.8) is 0 Å². The van der Waals surface area contributed by atoms with E-state index in [1.165, 1.54) is 6.07 Å². The second-order valence-corrected chi connectivity index (χ2v) is 6.70. The van der Waals surface area contributed by atoms with Crippen molar-refractivity contribution in [2.75, 3.05) is 19.6 Å². The molecule has 2 amide bonds. The number of rotatable bonds is 5. The quantitative estimate of drug-likeness (QED) is 0.811. The van der Waals surface area contributed by atoms with Crippen molar-refractivity contribution in [3.05, 3.63) is 47.5 Å². The number of amides is 2. The number of nitrogens with zero attached hydrogens (tertiary/aromatic N) is 3. The molecular formula is C18H20F3N5O2. The molecule has 1 saturated heterocycles. The number of H-pyrrole nitrogens is 1. The van der Waals surface area contributed by atoms with Crippen molar-refractivity contribution in [3.8, 4) is 0 Å². The minimum Gasteiger partial charge on any atom is -0.342 e. The monoisotopic (exact) mass is 395 g/mol. The third kappa shape index (κ3) is 5.30. The maximum atomic E-state index is 12.4. The van der Waals surface area contributed by atoms with Crippen molar-refractivity contribution in [2.45, 2.75) is 31.4 Å². The predicted molar refractivity (Wildman–Crippen MR) is 93.5 cm³/mol. The van der Waals surface area contributed by atoms with E-state index >= 15 is 0 Å². The summed E-state index contributed by atoms with van der Waals surface area (Å²) in [6, 6.07) is 5.12. The van der Waals surface area contributed by atoms with Crippen LogP contribution in [0.4, 0.5) is 13.2 Å². The van der Waals surface area contributed by atoms with Crippen LogP contribution >= 0.6 is 0 Å². The molecule has 0 saturated carbocycles. The fraction of sp³-hybridized carbons (Fsp3) is 0.444. The van der Waals surface area contributed by atoms with Gasteiger partial charge in [0.1, 0.15) is 12.2 Å². The van der Waals surface area contributed by atoms with Crippen LogP contribution in [0.3, 0.4) is 0 Å². The van der Waals surface area contributed by atoms with Gasteiger partial charge < -0.3 is 10.2 Å². The molecule has 150 valence electrons. The molecule has 7 nitrogen and oxygen atoms in total. The molecule has 0 radical (unpaired) electrons. The molecule has 1 fully saturated rings. The number of aromatic amines is 1. The zero-order valence-electron chi connectivity index (χ0n) is 15.0. The van der Waals surface area contributed by atoms with Crippen molar-refractivity contribution in [1.29, 1.82) is 0 Å². The number of carbonyl (C=O) groups excluding carboxylic acids is 2. The molecule has 3 rings (SSSR count). The number of pyridine rings is 1. The maximum Gasteiger partial charge on any atom is 0.405 e. The summed E-state index contributed by atoms with van der Waals surface area (Å²) in [5, 5.41) is 8.34. The van der Waals surface area contributed by atoms with E-state index in [9.17, 15) is 22.8 Å². The van der Waals surface area contributed by atoms with E-state index in [-0.39, 0.29) is 17.5 Å². The Morgan fingerprint density at radius 2 is 2.04 bits per heavy atom. The van der Waals surface area contributed by atoms with Crippen molar-refractivity contribution in [2.24, 2.45) is 0 Å². The predicted octanol–water partition coefficient (Wildman–Crippen LogP) is 2.05. The number of alkyl halides is 3. The summed E-state index contributed by atoms with van der Waals surface area (Å²) >= 11 is 0. The number of hydrogen-bond donors (Lipinski definition) is 2. The normalized spacial score (nSPS) is 15.5. The summed E-state index contributed by atoms with van der Waals surface area (Å²) in [4.78, 5) is 29.9. The highest BCUT2D eigenvalue weighted by molar-refractivity contribution is 5.92. The molecule has 0 aromatic carbocycles. The Morgan fingerprint density at radius 3 is 2.68 bits per heavy atom. The van der Waals surface area contributed by atoms with Crippen LogP contribution < -0.4 is 5.32 Å². The highest BCUT2D eigenvalue weighted by Crippen LogP contribution is 2.27. The van der Waals surface area contributed by atoms with E-state index in [4.69, 9.17) is 0 Å². The highest BCUT2D eigenvalue weighted by atomic mass is 19.4. The Bertz CT molecular complexity index is 814. The Hall–Kier alpha value is -2.91. The van der Waals surface area contributed by atoms with E-state index in [1.54, 1.807) is 28.7 Å². The Labute approximate surface area is 159 Å². The topological polar surface area (TPSA) is 91.0 Å². The van der Waals surface area contributed by atoms with Crippen molar-refractivity contribution in [1.82, 2.24) is 25.4 Å². The number of carbonyl (C=O) groups is 2. The van der Waals surface area contributed by atoms with E-state index in [1.807, 2.05) is 6.07 Å². The fourth-order valence-electron chi connectivity index (χ4n) is 3.16. The summed E-state index contributed by atoms with van der Waals surface area (Å²) < 4.78 is 36.6. The zero-order chi connectivity index (χ0) is 20.1. The van der Waals surface area contributed by atoms with Gasteiger partial charge in [-0.15, -0.1) is 0 Å². The van der Waals surface area contributed by atoms with E-state index < -0.39 is 18.6 Å². The van der Waals surface area contributed by atoms with Gasteiger partial charge in [-0.05, 0) is 30.5 Å². The van der Waals surface area contributed by atoms with Gasteiger partial charge in [0.2, 0.25) is 5.91 Å². The maximum absolute atomic E-state index is 12.4. The van der Waals surface area contributed by atoms with Gasteiger partial charge in [-0.3, -0.25) is 19.7 Å². The number of halogens is 3. The summed E-state index contributed by atoms with van der Waals surface area (Å²) in [5.41, 5.74) is 1.48. The lowest BCUT2D eigenvalue weighted by atomic mass is 9.93. The number of aromatic nitrogens is 3. The number of likely N-dealkylation sites (tertiary alicyclic amines) is 1. The average Bonchev–Trinajstić information content (AvgIpc) is 3.17. The van der Waals surface area contributed by atoms with Gasteiger partial charge in [0.25, 0.3) is 5.91 Å². The third-order valence-corrected chi connectivity index (χ3v) is 4.65. The van der Waals surface area contributed by atoms with Crippen LogP contribution in [0.2, 0.25) is 0 Å². The van der Waals surface area contributed by atoms with Crippen LogP contribution in [0.15, 0.2) is 30.6 Å². The molecule has 0 aliphatic carbocycles. The minimum atomic E-state index is -4.47. The van der Waals surface area contributed by atoms with E-state index in [2.05, 4.69) is 15.2 Å². The van der Waals surface area contributed by atoms with Gasteiger partial charge in [0.15, 0.2) is 0 Å². The van der Waals surface area contributed by atoms with Crippen LogP contribution in [-0.2, 0) is 11.2 Å².